The summed E-state index contributed by atoms with van der Waals surface area (Å²) in [5.41, 5.74) is 7.96. The molecule has 4 aromatic heterocycles. The highest BCUT2D eigenvalue weighted by Crippen LogP contribution is 2.35. The molecule has 6 aromatic rings. The summed E-state index contributed by atoms with van der Waals surface area (Å²) >= 11 is 0. The number of fused-ring (bicyclic) bond motifs is 2. The molecular weight excluding hydrogens is 482 g/mol. The molecule has 190 valence electrons. The molecule has 0 fully saturated rings. The van der Waals surface area contributed by atoms with Gasteiger partial charge in [-0.15, -0.1) is 0 Å². The SMILES string of the molecule is CC(C)c1nn(-c2ccc(C#N)c(NCCc3ccccn3)c2)c2nccc(-c3cnc4ccccc4c3)c12. The third kappa shape index (κ3) is 4.69. The van der Waals surface area contributed by atoms with Gasteiger partial charge in [0.1, 0.15) is 6.07 Å². The van der Waals surface area contributed by atoms with Crippen molar-refractivity contribution in [2.45, 2.75) is 26.2 Å². The third-order valence-electron chi connectivity index (χ3n) is 6.83. The van der Waals surface area contributed by atoms with E-state index >= 15 is 0 Å². The fourth-order valence-corrected chi connectivity index (χ4v) is 4.89. The number of nitrogens with zero attached hydrogens (tertiary/aromatic N) is 6. The van der Waals surface area contributed by atoms with E-state index < -0.39 is 0 Å². The van der Waals surface area contributed by atoms with Crippen molar-refractivity contribution in [1.82, 2.24) is 24.7 Å². The van der Waals surface area contributed by atoms with Crippen molar-refractivity contribution >= 4 is 27.6 Å². The average molecular weight is 510 g/mol. The minimum atomic E-state index is 0.180. The first-order chi connectivity index (χ1) is 19.1. The molecule has 7 heteroatoms. The molecule has 0 saturated carbocycles. The fraction of sp³-hybridized carbons (Fsp3) is 0.156. The minimum absolute atomic E-state index is 0.180. The van der Waals surface area contributed by atoms with Gasteiger partial charge in [0.25, 0.3) is 0 Å². The molecule has 4 heterocycles. The van der Waals surface area contributed by atoms with E-state index in [1.807, 2.05) is 77.7 Å². The van der Waals surface area contributed by atoms with Gasteiger partial charge in [-0.1, -0.05) is 38.1 Å². The van der Waals surface area contributed by atoms with Crippen LogP contribution in [0.15, 0.2) is 91.4 Å². The molecule has 39 heavy (non-hydrogen) atoms. The average Bonchev–Trinajstić information content (AvgIpc) is 3.38. The van der Waals surface area contributed by atoms with E-state index in [1.54, 1.807) is 6.20 Å². The van der Waals surface area contributed by atoms with Crippen LogP contribution in [0, 0.1) is 11.3 Å². The van der Waals surface area contributed by atoms with Crippen LogP contribution >= 0.6 is 0 Å². The molecule has 6 rings (SSSR count). The first-order valence-corrected chi connectivity index (χ1v) is 13.0. The number of hydrogen-bond acceptors (Lipinski definition) is 6. The molecule has 1 N–H and O–H groups in total. The van der Waals surface area contributed by atoms with Gasteiger partial charge in [-0.3, -0.25) is 9.97 Å². The summed E-state index contributed by atoms with van der Waals surface area (Å²) < 4.78 is 1.88. The van der Waals surface area contributed by atoms with Gasteiger partial charge in [0, 0.05) is 48.2 Å². The van der Waals surface area contributed by atoms with Crippen LogP contribution in [0.5, 0.6) is 0 Å². The predicted molar refractivity (Wildman–Crippen MR) is 155 cm³/mol. The highest BCUT2D eigenvalue weighted by Gasteiger charge is 2.20. The van der Waals surface area contributed by atoms with E-state index in [-0.39, 0.29) is 5.92 Å². The van der Waals surface area contributed by atoms with Gasteiger partial charge in [-0.2, -0.15) is 10.4 Å². The van der Waals surface area contributed by atoms with E-state index in [2.05, 4.69) is 42.4 Å². The van der Waals surface area contributed by atoms with Crippen LogP contribution in [0.2, 0.25) is 0 Å². The molecule has 0 saturated heterocycles. The van der Waals surface area contributed by atoms with Gasteiger partial charge in [0.05, 0.1) is 33.5 Å². The van der Waals surface area contributed by atoms with E-state index in [1.165, 1.54) is 0 Å². The van der Waals surface area contributed by atoms with Crippen LogP contribution in [0.4, 0.5) is 5.69 Å². The second kappa shape index (κ2) is 10.3. The first-order valence-electron chi connectivity index (χ1n) is 13.0. The monoisotopic (exact) mass is 509 g/mol. The van der Waals surface area contributed by atoms with Crippen LogP contribution in [-0.4, -0.2) is 31.3 Å². The lowest BCUT2D eigenvalue weighted by Crippen LogP contribution is -2.08. The summed E-state index contributed by atoms with van der Waals surface area (Å²) in [4.78, 5) is 13.9. The van der Waals surface area contributed by atoms with Crippen LogP contribution in [0.3, 0.4) is 0 Å². The molecule has 0 aliphatic carbocycles. The van der Waals surface area contributed by atoms with Gasteiger partial charge in [-0.25, -0.2) is 9.67 Å². The van der Waals surface area contributed by atoms with Crippen LogP contribution in [-0.2, 0) is 6.42 Å². The summed E-state index contributed by atoms with van der Waals surface area (Å²) in [5.74, 6) is 0.180. The van der Waals surface area contributed by atoms with Gasteiger partial charge in [-0.05, 0) is 60.0 Å². The maximum absolute atomic E-state index is 9.74. The van der Waals surface area contributed by atoms with Crippen molar-refractivity contribution in [3.63, 3.8) is 0 Å². The van der Waals surface area contributed by atoms with Gasteiger partial charge < -0.3 is 5.32 Å². The van der Waals surface area contributed by atoms with E-state index in [0.29, 0.717) is 12.1 Å². The summed E-state index contributed by atoms with van der Waals surface area (Å²) in [6.07, 6.45) is 6.29. The van der Waals surface area contributed by atoms with Crippen molar-refractivity contribution in [1.29, 1.82) is 5.26 Å². The molecule has 0 amide bonds. The predicted octanol–water partition coefficient (Wildman–Crippen LogP) is 6.68. The number of nitriles is 1. The Hall–Kier alpha value is -5.09. The zero-order chi connectivity index (χ0) is 26.8. The zero-order valence-electron chi connectivity index (χ0n) is 21.8. The van der Waals surface area contributed by atoms with Crippen LogP contribution in [0.25, 0.3) is 38.8 Å². The van der Waals surface area contributed by atoms with Crippen molar-refractivity contribution in [2.75, 3.05) is 11.9 Å². The molecule has 0 spiro atoms. The summed E-state index contributed by atoms with van der Waals surface area (Å²) in [6, 6.07) is 26.2. The van der Waals surface area contributed by atoms with Gasteiger partial charge >= 0.3 is 0 Å². The first kappa shape index (κ1) is 24.3. The fourth-order valence-electron chi connectivity index (χ4n) is 4.89. The second-order valence-electron chi connectivity index (χ2n) is 9.77. The zero-order valence-corrected chi connectivity index (χ0v) is 21.8. The topological polar surface area (TPSA) is 92.3 Å². The standard InChI is InChI=1S/C32H27N7/c1-21(2)31-30-27(24-17-22-7-3-4-9-28(22)37-20-24)13-16-36-32(30)39(38-31)26-11-10-23(19-33)29(18-26)35-15-12-25-8-5-6-14-34-25/h3-11,13-14,16-18,20-21,35H,12,15H2,1-2H3. The number of rotatable bonds is 7. The van der Waals surface area contributed by atoms with Crippen molar-refractivity contribution in [2.24, 2.45) is 0 Å². The normalized spacial score (nSPS) is 11.2. The molecule has 0 bridgehead atoms. The number of hydrogen-bond donors (Lipinski definition) is 1. The van der Waals surface area contributed by atoms with Crippen LogP contribution < -0.4 is 5.32 Å². The van der Waals surface area contributed by atoms with Crippen molar-refractivity contribution < 1.29 is 0 Å². The largest absolute Gasteiger partial charge is 0.384 e. The Morgan fingerprint density at radius 1 is 0.923 bits per heavy atom. The lowest BCUT2D eigenvalue weighted by molar-refractivity contribution is 0.776. The number of benzene rings is 2. The maximum Gasteiger partial charge on any atom is 0.163 e. The lowest BCUT2D eigenvalue weighted by Gasteiger charge is -2.11. The molecule has 0 unspecified atom stereocenters. The minimum Gasteiger partial charge on any atom is -0.384 e. The molecule has 0 radical (unpaired) electrons. The van der Waals surface area contributed by atoms with Crippen molar-refractivity contribution in [3.8, 4) is 22.9 Å². The molecule has 0 atom stereocenters. The highest BCUT2D eigenvalue weighted by molar-refractivity contribution is 5.97. The Kier molecular flexibility index (Phi) is 6.44. The van der Waals surface area contributed by atoms with E-state index in [0.717, 1.165) is 62.2 Å². The molecule has 0 aliphatic rings. The number of anilines is 1. The second-order valence-corrected chi connectivity index (χ2v) is 9.77. The Balaban J connectivity index is 1.43. The number of aromatic nitrogens is 5. The van der Waals surface area contributed by atoms with Crippen LogP contribution in [0.1, 0.15) is 36.7 Å². The smallest absolute Gasteiger partial charge is 0.163 e. The Bertz CT molecular complexity index is 1830. The molecular formula is C32H27N7. The number of nitrogens with one attached hydrogen (secondary N) is 1. The Labute approximate surface area is 226 Å². The number of pyridine rings is 3. The molecule has 7 nitrogen and oxygen atoms in total. The van der Waals surface area contributed by atoms with E-state index in [9.17, 15) is 5.26 Å². The maximum atomic E-state index is 9.74. The van der Waals surface area contributed by atoms with Crippen molar-refractivity contribution in [3.05, 3.63) is 108 Å². The summed E-state index contributed by atoms with van der Waals surface area (Å²) in [6.45, 7) is 4.94. The quantitative estimate of drug-likeness (QED) is 0.258. The molecule has 2 aromatic carbocycles. The Morgan fingerprint density at radius 3 is 2.62 bits per heavy atom. The lowest BCUT2D eigenvalue weighted by atomic mass is 9.98. The summed E-state index contributed by atoms with van der Waals surface area (Å²) in [7, 11) is 0. The summed E-state index contributed by atoms with van der Waals surface area (Å²) in [5, 5.41) is 20.3. The van der Waals surface area contributed by atoms with Gasteiger partial charge in [0.2, 0.25) is 0 Å². The highest BCUT2D eigenvalue weighted by atomic mass is 15.3. The van der Waals surface area contributed by atoms with E-state index in [4.69, 9.17) is 15.1 Å². The third-order valence-corrected chi connectivity index (χ3v) is 6.83. The molecule has 0 aliphatic heterocycles. The Morgan fingerprint density at radius 2 is 1.79 bits per heavy atom. The van der Waals surface area contributed by atoms with Gasteiger partial charge in [0.15, 0.2) is 5.65 Å². The number of para-hydroxylation sites is 1.